The van der Waals surface area contributed by atoms with Gasteiger partial charge in [0.2, 0.25) is 0 Å². The van der Waals surface area contributed by atoms with E-state index in [1.165, 1.54) is 26.4 Å². The van der Waals surface area contributed by atoms with Gasteiger partial charge in [0.15, 0.2) is 23.0 Å². The van der Waals surface area contributed by atoms with Gasteiger partial charge in [0.1, 0.15) is 0 Å². The normalized spacial score (nSPS) is 31.2. The van der Waals surface area contributed by atoms with Gasteiger partial charge in [0.05, 0.1) is 40.5 Å². The lowest BCUT2D eigenvalue weighted by molar-refractivity contribution is -0.141. The summed E-state index contributed by atoms with van der Waals surface area (Å²) < 4.78 is 33.3. The number of hydrogen-bond acceptors (Lipinski definition) is 10. The van der Waals surface area contributed by atoms with Gasteiger partial charge in [0, 0.05) is 37.0 Å². The molecule has 0 radical (unpaired) electrons. The van der Waals surface area contributed by atoms with E-state index in [4.69, 9.17) is 28.4 Å². The highest BCUT2D eigenvalue weighted by Crippen LogP contribution is 2.66. The van der Waals surface area contributed by atoms with Gasteiger partial charge in [-0.3, -0.25) is 4.79 Å². The fourth-order valence-electron chi connectivity index (χ4n) is 11.3. The number of nitrogens with zero attached hydrogens (tertiary/aromatic N) is 1. The first-order valence-corrected chi connectivity index (χ1v) is 19.6. The smallest absolute Gasteiger partial charge is 0.412 e. The number of methoxy groups -OCH3 is 3. The van der Waals surface area contributed by atoms with E-state index in [1.807, 2.05) is 24.3 Å². The zero-order chi connectivity index (χ0) is 38.1. The molecule has 4 bridgehead atoms. The summed E-state index contributed by atoms with van der Waals surface area (Å²) in [6.07, 6.45) is 8.28. The minimum absolute atomic E-state index is 0.00928. The number of carbonyl (C=O) groups excluding carboxylic acids is 3. The molecule has 0 spiro atoms. The van der Waals surface area contributed by atoms with Crippen molar-refractivity contribution in [3.8, 4) is 23.0 Å². The largest absolute Gasteiger partial charge is 0.493 e. The molecule has 6 fully saturated rings. The maximum absolute atomic E-state index is 13.0. The lowest BCUT2D eigenvalue weighted by Gasteiger charge is -2.65. The van der Waals surface area contributed by atoms with E-state index in [9.17, 15) is 14.4 Å². The Morgan fingerprint density at radius 2 is 1.52 bits per heavy atom. The van der Waals surface area contributed by atoms with E-state index >= 15 is 0 Å². The van der Waals surface area contributed by atoms with Crippen LogP contribution >= 0.6 is 0 Å². The molecule has 2 aromatic carbocycles. The Kier molecular flexibility index (Phi) is 10.9. The highest BCUT2D eigenvalue weighted by molar-refractivity contribution is 5.75. The molecule has 2 saturated heterocycles. The van der Waals surface area contributed by atoms with Crippen LogP contribution in [0.5, 0.6) is 23.0 Å². The van der Waals surface area contributed by atoms with Crippen molar-refractivity contribution in [3.63, 3.8) is 0 Å². The van der Waals surface area contributed by atoms with Crippen LogP contribution in [0.25, 0.3) is 0 Å². The molecule has 6 aliphatic rings. The van der Waals surface area contributed by atoms with E-state index < -0.39 is 6.09 Å². The summed E-state index contributed by atoms with van der Waals surface area (Å²) in [4.78, 5) is 40.8. The van der Waals surface area contributed by atoms with Gasteiger partial charge in [-0.15, -0.1) is 0 Å². The molecular formula is C42H57N3O9. The molecule has 5 atom stereocenters. The van der Waals surface area contributed by atoms with Gasteiger partial charge >= 0.3 is 18.2 Å². The summed E-state index contributed by atoms with van der Waals surface area (Å²) in [5, 5.41) is 6.20. The second-order valence-corrected chi connectivity index (χ2v) is 17.5. The SMILES string of the molecule is COc1ccc(C[C@H]2COC(=O)[C@@H]2Cc2ccc(OC(=O)NCCN3CC[C@H](COC(=O)NC45CC6CC(C)(CC(C)(C6)C4)C5)C3)c(OC)c2)cc1OC. The van der Waals surface area contributed by atoms with Gasteiger partial charge in [-0.2, -0.15) is 0 Å². The molecule has 2 amide bonds. The van der Waals surface area contributed by atoms with E-state index in [-0.39, 0.29) is 35.4 Å². The van der Waals surface area contributed by atoms with Crippen LogP contribution in [0.4, 0.5) is 9.59 Å². The summed E-state index contributed by atoms with van der Waals surface area (Å²) in [6.45, 7) is 8.34. The van der Waals surface area contributed by atoms with Crippen molar-refractivity contribution < 1.29 is 42.8 Å². The van der Waals surface area contributed by atoms with Crippen LogP contribution in [0.1, 0.15) is 69.9 Å². The van der Waals surface area contributed by atoms with Crippen molar-refractivity contribution in [2.75, 3.05) is 60.7 Å². The van der Waals surface area contributed by atoms with Crippen LogP contribution in [0.15, 0.2) is 36.4 Å². The van der Waals surface area contributed by atoms with E-state index in [0.29, 0.717) is 78.9 Å². The monoisotopic (exact) mass is 747 g/mol. The van der Waals surface area contributed by atoms with E-state index in [1.54, 1.807) is 26.4 Å². The number of cyclic esters (lactones) is 1. The summed E-state index contributed by atoms with van der Waals surface area (Å²) in [5.74, 6) is 2.41. The molecule has 54 heavy (non-hydrogen) atoms. The number of esters is 1. The summed E-state index contributed by atoms with van der Waals surface area (Å²) >= 11 is 0. The zero-order valence-corrected chi connectivity index (χ0v) is 32.5. The molecule has 4 saturated carbocycles. The molecule has 294 valence electrons. The minimum Gasteiger partial charge on any atom is -0.493 e. The van der Waals surface area contributed by atoms with Gasteiger partial charge in [-0.25, -0.2) is 9.59 Å². The van der Waals surface area contributed by atoms with Gasteiger partial charge in [-0.05, 0) is 116 Å². The van der Waals surface area contributed by atoms with Crippen molar-refractivity contribution in [1.29, 1.82) is 0 Å². The van der Waals surface area contributed by atoms with E-state index in [0.717, 1.165) is 49.9 Å². The summed E-state index contributed by atoms with van der Waals surface area (Å²) in [6, 6.07) is 11.1. The number of likely N-dealkylation sites (tertiary alicyclic amines) is 1. The van der Waals surface area contributed by atoms with Crippen LogP contribution in [0, 0.1) is 34.5 Å². The average Bonchev–Trinajstić information content (AvgIpc) is 3.71. The maximum atomic E-state index is 13.0. The Bertz CT molecular complexity index is 1700. The van der Waals surface area contributed by atoms with Crippen molar-refractivity contribution >= 4 is 18.2 Å². The van der Waals surface area contributed by atoms with Crippen LogP contribution in [-0.2, 0) is 27.1 Å². The quantitative estimate of drug-likeness (QED) is 0.216. The molecule has 12 heteroatoms. The van der Waals surface area contributed by atoms with Crippen molar-refractivity contribution in [2.24, 2.45) is 34.5 Å². The third kappa shape index (κ3) is 8.53. The Morgan fingerprint density at radius 3 is 2.20 bits per heavy atom. The fourth-order valence-corrected chi connectivity index (χ4v) is 11.3. The highest BCUT2D eigenvalue weighted by atomic mass is 16.6. The summed E-state index contributed by atoms with van der Waals surface area (Å²) in [5.41, 5.74) is 2.46. The Labute approximate surface area is 318 Å². The number of nitrogens with one attached hydrogen (secondary N) is 2. The molecular weight excluding hydrogens is 690 g/mol. The maximum Gasteiger partial charge on any atom is 0.412 e. The van der Waals surface area contributed by atoms with E-state index in [2.05, 4.69) is 29.4 Å². The molecule has 2 aliphatic heterocycles. The predicted molar refractivity (Wildman–Crippen MR) is 201 cm³/mol. The highest BCUT2D eigenvalue weighted by Gasteiger charge is 2.60. The van der Waals surface area contributed by atoms with Crippen LogP contribution in [0.3, 0.4) is 0 Å². The second-order valence-electron chi connectivity index (χ2n) is 17.5. The van der Waals surface area contributed by atoms with Gasteiger partial charge < -0.3 is 44.0 Å². The molecule has 12 nitrogen and oxygen atoms in total. The number of benzene rings is 2. The number of alkyl carbamates (subject to hydrolysis) is 1. The number of hydrogen-bond donors (Lipinski definition) is 2. The standard InChI is InChI=1S/C42H57N3O9/c1-40-18-30-19-41(2,24-40)26-42(20-30,25-40)44-39(48)53-22-29-10-12-45(21-29)13-11-43-38(47)54-34-9-7-28(17-36(34)51-5)15-32-31(23-52-37(32)46)14-27-6-8-33(49-3)35(16-27)50-4/h6-9,16-17,29-32H,10-15,18-26H2,1-5H3,(H,43,47)(H,44,48)/t29-,30?,31-,32+,40?,41?,42?/m0/s1. The number of rotatable bonds is 14. The minimum atomic E-state index is -0.571. The first-order valence-electron chi connectivity index (χ1n) is 19.6. The van der Waals surface area contributed by atoms with Crippen molar-refractivity contribution in [3.05, 3.63) is 47.5 Å². The number of ether oxygens (including phenoxy) is 6. The van der Waals surface area contributed by atoms with Crippen LogP contribution in [-0.4, -0.2) is 89.3 Å². The molecule has 4 aliphatic carbocycles. The van der Waals surface area contributed by atoms with Gasteiger partial charge in [0.25, 0.3) is 0 Å². The lowest BCUT2D eigenvalue weighted by atomic mass is 9.43. The number of amides is 2. The molecule has 2 heterocycles. The van der Waals surface area contributed by atoms with Crippen molar-refractivity contribution in [1.82, 2.24) is 15.5 Å². The summed E-state index contributed by atoms with van der Waals surface area (Å²) in [7, 11) is 4.72. The molecule has 2 unspecified atom stereocenters. The first kappa shape index (κ1) is 38.1. The van der Waals surface area contributed by atoms with Crippen LogP contribution in [0.2, 0.25) is 0 Å². The lowest BCUT2D eigenvalue weighted by Crippen LogP contribution is -2.65. The Hall–Kier alpha value is -4.19. The molecule has 0 aromatic heterocycles. The predicted octanol–water partition coefficient (Wildman–Crippen LogP) is 6.17. The number of carbonyl (C=O) groups is 3. The topological polar surface area (TPSA) is 134 Å². The average molecular weight is 748 g/mol. The zero-order valence-electron chi connectivity index (χ0n) is 32.5. The Morgan fingerprint density at radius 1 is 0.852 bits per heavy atom. The molecule has 2 N–H and O–H groups in total. The molecule has 8 rings (SSSR count). The third-order valence-corrected chi connectivity index (χ3v) is 12.7. The van der Waals surface area contributed by atoms with Crippen molar-refractivity contribution in [2.45, 2.75) is 77.2 Å². The van der Waals surface area contributed by atoms with Crippen LogP contribution < -0.4 is 29.6 Å². The molecule has 2 aromatic rings. The second kappa shape index (κ2) is 15.5. The first-order chi connectivity index (χ1) is 25.9. The van der Waals surface area contributed by atoms with Gasteiger partial charge in [-0.1, -0.05) is 26.0 Å². The fraction of sp³-hybridized carbons (Fsp3) is 0.643. The third-order valence-electron chi connectivity index (χ3n) is 12.7. The Balaban J connectivity index is 0.831.